The van der Waals surface area contributed by atoms with E-state index in [-0.39, 0.29) is 17.8 Å². The van der Waals surface area contributed by atoms with Gasteiger partial charge in [0.2, 0.25) is 0 Å². The predicted molar refractivity (Wildman–Crippen MR) is 107 cm³/mol. The highest BCUT2D eigenvalue weighted by molar-refractivity contribution is 7.99. The largest absolute Gasteiger partial charge is 0.482 e. The molecule has 0 aliphatic carbocycles. The van der Waals surface area contributed by atoms with Crippen LogP contribution in [0.4, 0.5) is 0 Å². The maximum absolute atomic E-state index is 12.1. The first-order valence-corrected chi connectivity index (χ1v) is 9.41. The van der Waals surface area contributed by atoms with Crippen LogP contribution in [0, 0.1) is 0 Å². The minimum atomic E-state index is -0.442. The Hall–Kier alpha value is -2.80. The minimum Gasteiger partial charge on any atom is -0.482 e. The van der Waals surface area contributed by atoms with Gasteiger partial charge in [-0.05, 0) is 42.3 Å². The number of benzene rings is 2. The van der Waals surface area contributed by atoms with Crippen LogP contribution in [0.25, 0.3) is 0 Å². The van der Waals surface area contributed by atoms with Crippen LogP contribution in [0.2, 0.25) is 0 Å². The summed E-state index contributed by atoms with van der Waals surface area (Å²) in [4.78, 5) is 23.1. The maximum Gasteiger partial charge on any atom is 0.343 e. The Morgan fingerprint density at radius 1 is 1.15 bits per heavy atom. The topological polar surface area (TPSA) is 77.0 Å². The number of esters is 1. The number of rotatable bonds is 9. The van der Waals surface area contributed by atoms with Gasteiger partial charge in [0, 0.05) is 5.75 Å². The van der Waals surface area contributed by atoms with Crippen molar-refractivity contribution in [2.45, 2.75) is 17.9 Å². The normalized spacial score (nSPS) is 11.8. The lowest BCUT2D eigenvalue weighted by molar-refractivity contribution is -0.142. The molecule has 1 unspecified atom stereocenters. The van der Waals surface area contributed by atoms with E-state index in [4.69, 9.17) is 4.74 Å². The van der Waals surface area contributed by atoms with Gasteiger partial charge in [0.25, 0.3) is 5.91 Å². The Balaban J connectivity index is 1.75. The van der Waals surface area contributed by atoms with Gasteiger partial charge in [0.1, 0.15) is 5.75 Å². The van der Waals surface area contributed by atoms with Gasteiger partial charge in [-0.3, -0.25) is 4.79 Å². The smallest absolute Gasteiger partial charge is 0.343 e. The lowest BCUT2D eigenvalue weighted by Crippen LogP contribution is -2.26. The number of nitrogens with zero attached hydrogens (tertiary/aromatic N) is 1. The van der Waals surface area contributed by atoms with Gasteiger partial charge in [-0.15, -0.1) is 11.8 Å². The molecule has 0 aliphatic rings. The molecule has 0 saturated carbocycles. The number of hydrazone groups is 1. The molecule has 2 rings (SSSR count). The first kappa shape index (κ1) is 20.5. The molecule has 142 valence electrons. The summed E-state index contributed by atoms with van der Waals surface area (Å²) in [5.41, 5.74) is 4.52. The van der Waals surface area contributed by atoms with Crippen LogP contribution >= 0.6 is 11.8 Å². The van der Waals surface area contributed by atoms with E-state index in [0.717, 1.165) is 11.3 Å². The molecule has 7 heteroatoms. The lowest BCUT2D eigenvalue weighted by Gasteiger charge is -2.09. The van der Waals surface area contributed by atoms with Gasteiger partial charge >= 0.3 is 5.97 Å². The summed E-state index contributed by atoms with van der Waals surface area (Å²) in [5, 5.41) is 3.77. The maximum atomic E-state index is 12.1. The van der Waals surface area contributed by atoms with Crippen LogP contribution in [0.1, 0.15) is 18.1 Å². The third-order valence-corrected chi connectivity index (χ3v) is 4.78. The zero-order valence-electron chi connectivity index (χ0n) is 15.3. The van der Waals surface area contributed by atoms with Crippen molar-refractivity contribution < 1.29 is 19.1 Å². The molecular formula is C20H22N2O4S. The molecular weight excluding hydrogens is 364 g/mol. The number of amides is 1. The summed E-state index contributed by atoms with van der Waals surface area (Å²) in [6, 6.07) is 17.0. The third kappa shape index (κ3) is 7.53. The average Bonchev–Trinajstić information content (AvgIpc) is 2.71. The molecule has 1 N–H and O–H groups in total. The number of carbonyl (C=O) groups excluding carboxylic acids is 2. The molecule has 2 aromatic carbocycles. The predicted octanol–water partition coefficient (Wildman–Crippen LogP) is 3.01. The monoisotopic (exact) mass is 386 g/mol. The number of carbonyl (C=O) groups is 2. The van der Waals surface area contributed by atoms with E-state index in [1.807, 2.05) is 37.3 Å². The molecule has 0 fully saturated rings. The van der Waals surface area contributed by atoms with Crippen LogP contribution in [-0.4, -0.2) is 37.1 Å². The van der Waals surface area contributed by atoms with Crippen LogP contribution in [0.5, 0.6) is 5.75 Å². The summed E-state index contributed by atoms with van der Waals surface area (Å²) in [6.07, 6.45) is 1.55. The molecule has 0 aliphatic heterocycles. The Labute approximate surface area is 162 Å². The molecule has 0 radical (unpaired) electrons. The molecule has 0 saturated heterocycles. The summed E-state index contributed by atoms with van der Waals surface area (Å²) >= 11 is 1.56. The van der Waals surface area contributed by atoms with E-state index in [2.05, 4.69) is 15.3 Å². The fraction of sp³-hybridized carbons (Fsp3) is 0.250. The zero-order chi connectivity index (χ0) is 19.5. The molecule has 1 amide bonds. The highest BCUT2D eigenvalue weighted by Crippen LogP contribution is 2.17. The van der Waals surface area contributed by atoms with Crippen LogP contribution in [0.3, 0.4) is 0 Å². The molecule has 0 aromatic heterocycles. The van der Waals surface area contributed by atoms with Gasteiger partial charge in [0.05, 0.1) is 18.6 Å². The standard InChI is InChI=1S/C20H22N2O4S/c1-15(27-14-17-6-4-3-5-7-17)20(24)22-21-12-16-8-10-18(11-9-16)26-13-19(23)25-2/h3-12,15H,13-14H2,1-2H3,(H,22,24)/b21-12+. The van der Waals surface area contributed by atoms with E-state index in [0.29, 0.717) is 5.75 Å². The van der Waals surface area contributed by atoms with Crippen molar-refractivity contribution in [3.8, 4) is 5.75 Å². The van der Waals surface area contributed by atoms with E-state index >= 15 is 0 Å². The van der Waals surface area contributed by atoms with Gasteiger partial charge in [-0.25, -0.2) is 10.2 Å². The van der Waals surface area contributed by atoms with Crippen molar-refractivity contribution in [3.05, 3.63) is 65.7 Å². The summed E-state index contributed by atoms with van der Waals surface area (Å²) in [5.74, 6) is 0.729. The molecule has 6 nitrogen and oxygen atoms in total. The van der Waals surface area contributed by atoms with Gasteiger partial charge in [-0.1, -0.05) is 30.3 Å². The molecule has 1 atom stereocenters. The van der Waals surface area contributed by atoms with Gasteiger partial charge in [-0.2, -0.15) is 5.10 Å². The SMILES string of the molecule is COC(=O)COc1ccc(/C=N/NC(=O)C(C)SCc2ccccc2)cc1. The summed E-state index contributed by atoms with van der Waals surface area (Å²) in [6.45, 7) is 1.71. The number of ether oxygens (including phenoxy) is 2. The first-order valence-electron chi connectivity index (χ1n) is 8.36. The Bertz CT molecular complexity index is 763. The Kier molecular flexibility index (Phi) is 8.38. The summed E-state index contributed by atoms with van der Waals surface area (Å²) < 4.78 is 9.77. The highest BCUT2D eigenvalue weighted by Gasteiger charge is 2.12. The van der Waals surface area contributed by atoms with Crippen molar-refractivity contribution in [1.29, 1.82) is 0 Å². The molecule has 2 aromatic rings. The first-order chi connectivity index (χ1) is 13.1. The summed E-state index contributed by atoms with van der Waals surface area (Å²) in [7, 11) is 1.31. The van der Waals surface area contributed by atoms with E-state index < -0.39 is 5.97 Å². The molecule has 0 bridgehead atoms. The molecule has 27 heavy (non-hydrogen) atoms. The number of nitrogens with one attached hydrogen (secondary N) is 1. The minimum absolute atomic E-state index is 0.140. The van der Waals surface area contributed by atoms with Crippen molar-refractivity contribution in [2.75, 3.05) is 13.7 Å². The van der Waals surface area contributed by atoms with Crippen molar-refractivity contribution in [1.82, 2.24) is 5.43 Å². The van der Waals surface area contributed by atoms with Gasteiger partial charge < -0.3 is 9.47 Å². The fourth-order valence-electron chi connectivity index (χ4n) is 1.98. The highest BCUT2D eigenvalue weighted by atomic mass is 32.2. The fourth-order valence-corrected chi connectivity index (χ4v) is 2.82. The second kappa shape index (κ2) is 11.0. The van der Waals surface area contributed by atoms with Crippen LogP contribution < -0.4 is 10.2 Å². The number of thioether (sulfide) groups is 1. The van der Waals surface area contributed by atoms with E-state index in [1.54, 1.807) is 42.2 Å². The van der Waals surface area contributed by atoms with E-state index in [1.165, 1.54) is 12.7 Å². The number of hydrogen-bond acceptors (Lipinski definition) is 6. The Morgan fingerprint density at radius 3 is 2.52 bits per heavy atom. The van der Waals surface area contributed by atoms with Crippen molar-refractivity contribution >= 4 is 29.9 Å². The number of hydrogen-bond donors (Lipinski definition) is 1. The average molecular weight is 386 g/mol. The van der Waals surface area contributed by atoms with Crippen LogP contribution in [-0.2, 0) is 20.1 Å². The van der Waals surface area contributed by atoms with E-state index in [9.17, 15) is 9.59 Å². The Morgan fingerprint density at radius 2 is 1.85 bits per heavy atom. The zero-order valence-corrected chi connectivity index (χ0v) is 16.1. The third-order valence-electron chi connectivity index (χ3n) is 3.56. The lowest BCUT2D eigenvalue weighted by atomic mass is 10.2. The number of methoxy groups -OCH3 is 1. The second-order valence-corrected chi connectivity index (χ2v) is 6.94. The molecule has 0 spiro atoms. The quantitative estimate of drug-likeness (QED) is 0.407. The van der Waals surface area contributed by atoms with Crippen molar-refractivity contribution in [3.63, 3.8) is 0 Å². The van der Waals surface area contributed by atoms with Crippen LogP contribution in [0.15, 0.2) is 59.7 Å². The molecule has 0 heterocycles. The van der Waals surface area contributed by atoms with Gasteiger partial charge in [0.15, 0.2) is 6.61 Å². The second-order valence-electron chi connectivity index (χ2n) is 5.61. The van der Waals surface area contributed by atoms with Crippen molar-refractivity contribution in [2.24, 2.45) is 5.10 Å².